The molecular weight excluding hydrogens is 314 g/mol. The molecule has 4 nitrogen and oxygen atoms in total. The number of benzene rings is 2. The lowest BCUT2D eigenvalue weighted by atomic mass is 10.0. The van der Waals surface area contributed by atoms with E-state index in [1.54, 1.807) is 6.92 Å². The standard InChI is InChI=1S/C16H17NO.C5H8O2/c1-17(2)12-13-8-10-15(11-9-13)16(18)14-6-4-3-5-7-14;1-3-5(6)7-4-2/h3-11H,12H2,1-2H3;3H,1,4H2,2H3/p+1. The van der Waals surface area contributed by atoms with Gasteiger partial charge in [0.15, 0.2) is 5.78 Å². The van der Waals surface area contributed by atoms with Crippen molar-refractivity contribution < 1.29 is 19.2 Å². The summed E-state index contributed by atoms with van der Waals surface area (Å²) in [6.45, 7) is 6.35. The van der Waals surface area contributed by atoms with Gasteiger partial charge >= 0.3 is 5.97 Å². The first-order chi connectivity index (χ1) is 12.0. The maximum Gasteiger partial charge on any atom is 0.330 e. The minimum Gasteiger partial charge on any atom is -0.463 e. The van der Waals surface area contributed by atoms with Crippen molar-refractivity contribution in [2.45, 2.75) is 13.5 Å². The van der Waals surface area contributed by atoms with E-state index in [1.807, 2.05) is 54.6 Å². The molecule has 0 unspecified atom stereocenters. The third kappa shape index (κ3) is 7.59. The molecule has 2 rings (SSSR count). The molecule has 0 radical (unpaired) electrons. The monoisotopic (exact) mass is 340 g/mol. The van der Waals surface area contributed by atoms with E-state index in [1.165, 1.54) is 10.5 Å². The van der Waals surface area contributed by atoms with Crippen molar-refractivity contribution in [1.29, 1.82) is 0 Å². The van der Waals surface area contributed by atoms with Crippen molar-refractivity contribution >= 4 is 11.8 Å². The normalized spacial score (nSPS) is 9.76. The fourth-order valence-electron chi connectivity index (χ4n) is 2.14. The van der Waals surface area contributed by atoms with Gasteiger partial charge in [-0.15, -0.1) is 0 Å². The van der Waals surface area contributed by atoms with E-state index in [-0.39, 0.29) is 11.8 Å². The molecule has 4 heteroatoms. The molecular formula is C21H26NO3+. The highest BCUT2D eigenvalue weighted by Gasteiger charge is 2.08. The Balaban J connectivity index is 0.000000381. The molecule has 0 aliphatic rings. The Morgan fingerprint density at radius 3 is 2.00 bits per heavy atom. The van der Waals surface area contributed by atoms with E-state index in [4.69, 9.17) is 0 Å². The number of ether oxygens (including phenoxy) is 1. The smallest absolute Gasteiger partial charge is 0.330 e. The number of quaternary nitrogens is 1. The summed E-state index contributed by atoms with van der Waals surface area (Å²) >= 11 is 0. The van der Waals surface area contributed by atoms with Crippen molar-refractivity contribution in [1.82, 2.24) is 0 Å². The van der Waals surface area contributed by atoms with Crippen LogP contribution in [0, 0.1) is 0 Å². The molecule has 0 bridgehead atoms. The predicted octanol–water partition coefficient (Wildman–Crippen LogP) is 2.30. The van der Waals surface area contributed by atoms with Crippen LogP contribution in [-0.4, -0.2) is 32.5 Å². The Morgan fingerprint density at radius 1 is 1.00 bits per heavy atom. The molecule has 132 valence electrons. The molecule has 0 fully saturated rings. The first-order valence-electron chi connectivity index (χ1n) is 8.24. The van der Waals surface area contributed by atoms with Gasteiger partial charge in [-0.2, -0.15) is 0 Å². The molecule has 0 saturated heterocycles. The van der Waals surface area contributed by atoms with Gasteiger partial charge in [0.25, 0.3) is 0 Å². The third-order valence-electron chi connectivity index (χ3n) is 3.26. The molecule has 2 aromatic carbocycles. The maximum atomic E-state index is 12.2. The second-order valence-electron chi connectivity index (χ2n) is 5.73. The van der Waals surface area contributed by atoms with Crippen molar-refractivity contribution in [3.05, 3.63) is 83.9 Å². The second kappa shape index (κ2) is 10.9. The Kier molecular flexibility index (Phi) is 8.90. The van der Waals surface area contributed by atoms with Crippen LogP contribution in [0.5, 0.6) is 0 Å². The number of esters is 1. The van der Waals surface area contributed by atoms with Crippen LogP contribution in [0.4, 0.5) is 0 Å². The largest absolute Gasteiger partial charge is 0.463 e. The Bertz CT molecular complexity index is 676. The van der Waals surface area contributed by atoms with E-state index in [0.717, 1.165) is 23.7 Å². The van der Waals surface area contributed by atoms with Crippen molar-refractivity contribution in [3.8, 4) is 0 Å². The lowest BCUT2D eigenvalue weighted by Gasteiger charge is -2.07. The highest BCUT2D eigenvalue weighted by atomic mass is 16.5. The topological polar surface area (TPSA) is 47.8 Å². The summed E-state index contributed by atoms with van der Waals surface area (Å²) in [4.78, 5) is 23.6. The molecule has 0 atom stereocenters. The van der Waals surface area contributed by atoms with Crippen LogP contribution in [0.3, 0.4) is 0 Å². The lowest BCUT2D eigenvalue weighted by Crippen LogP contribution is -3.04. The highest BCUT2D eigenvalue weighted by Crippen LogP contribution is 2.10. The molecule has 2 aromatic rings. The average Bonchev–Trinajstić information content (AvgIpc) is 2.63. The van der Waals surface area contributed by atoms with Crippen LogP contribution in [0.2, 0.25) is 0 Å². The fourth-order valence-corrected chi connectivity index (χ4v) is 2.14. The number of rotatable bonds is 6. The zero-order valence-electron chi connectivity index (χ0n) is 15.1. The number of hydrogen-bond donors (Lipinski definition) is 1. The van der Waals surface area contributed by atoms with Gasteiger partial charge in [0, 0.05) is 22.8 Å². The van der Waals surface area contributed by atoms with Crippen LogP contribution in [0.25, 0.3) is 0 Å². The second-order valence-corrected chi connectivity index (χ2v) is 5.73. The predicted molar refractivity (Wildman–Crippen MR) is 99.7 cm³/mol. The molecule has 0 spiro atoms. The van der Waals surface area contributed by atoms with E-state index >= 15 is 0 Å². The number of nitrogens with one attached hydrogen (secondary N) is 1. The average molecular weight is 340 g/mol. The van der Waals surface area contributed by atoms with Crippen LogP contribution in [0.1, 0.15) is 28.4 Å². The van der Waals surface area contributed by atoms with Gasteiger partial charge in [0.05, 0.1) is 20.7 Å². The summed E-state index contributed by atoms with van der Waals surface area (Å²) in [6.07, 6.45) is 1.14. The summed E-state index contributed by atoms with van der Waals surface area (Å²) in [6, 6.07) is 17.3. The van der Waals surface area contributed by atoms with Crippen molar-refractivity contribution in [2.75, 3.05) is 20.7 Å². The highest BCUT2D eigenvalue weighted by molar-refractivity contribution is 6.08. The molecule has 0 amide bonds. The lowest BCUT2D eigenvalue weighted by molar-refractivity contribution is -0.872. The Labute approximate surface area is 149 Å². The van der Waals surface area contributed by atoms with E-state index in [9.17, 15) is 9.59 Å². The first kappa shape index (κ1) is 20.3. The van der Waals surface area contributed by atoms with Crippen LogP contribution in [-0.2, 0) is 16.1 Å². The summed E-state index contributed by atoms with van der Waals surface area (Å²) in [7, 11) is 4.23. The van der Waals surface area contributed by atoms with Gasteiger partial charge in [0.2, 0.25) is 0 Å². The SMILES string of the molecule is C=CC(=O)OCC.C[NH+](C)Cc1ccc(C(=O)c2ccccc2)cc1. The molecule has 0 aliphatic carbocycles. The van der Waals surface area contributed by atoms with E-state index in [2.05, 4.69) is 25.4 Å². The van der Waals surface area contributed by atoms with Crippen LogP contribution >= 0.6 is 0 Å². The van der Waals surface area contributed by atoms with Crippen molar-refractivity contribution in [3.63, 3.8) is 0 Å². The fraction of sp³-hybridized carbons (Fsp3) is 0.238. The number of hydrogen-bond acceptors (Lipinski definition) is 3. The molecule has 0 aliphatic heterocycles. The minimum atomic E-state index is -0.359. The first-order valence-corrected chi connectivity index (χ1v) is 8.24. The minimum absolute atomic E-state index is 0.0827. The quantitative estimate of drug-likeness (QED) is 0.499. The summed E-state index contributed by atoms with van der Waals surface area (Å²) in [5.41, 5.74) is 2.74. The number of carbonyl (C=O) groups is 2. The zero-order valence-corrected chi connectivity index (χ0v) is 15.1. The van der Waals surface area contributed by atoms with Gasteiger partial charge in [-0.05, 0) is 6.92 Å². The molecule has 0 heterocycles. The third-order valence-corrected chi connectivity index (χ3v) is 3.26. The van der Waals surface area contributed by atoms with Gasteiger partial charge in [-0.1, -0.05) is 61.2 Å². The van der Waals surface area contributed by atoms with Gasteiger partial charge in [-0.3, -0.25) is 4.79 Å². The van der Waals surface area contributed by atoms with Crippen LogP contribution < -0.4 is 4.90 Å². The van der Waals surface area contributed by atoms with Gasteiger partial charge in [-0.25, -0.2) is 4.79 Å². The molecule has 0 aromatic heterocycles. The summed E-state index contributed by atoms with van der Waals surface area (Å²) in [5, 5.41) is 0. The number of carbonyl (C=O) groups excluding carboxylic acids is 2. The van der Waals surface area contributed by atoms with Gasteiger partial charge in [0.1, 0.15) is 6.54 Å². The van der Waals surface area contributed by atoms with Crippen molar-refractivity contribution in [2.24, 2.45) is 0 Å². The van der Waals surface area contributed by atoms with Gasteiger partial charge < -0.3 is 9.64 Å². The summed E-state index contributed by atoms with van der Waals surface area (Å²) < 4.78 is 4.43. The molecule has 1 N–H and O–H groups in total. The van der Waals surface area contributed by atoms with E-state index < -0.39 is 0 Å². The molecule has 25 heavy (non-hydrogen) atoms. The molecule has 0 saturated carbocycles. The van der Waals surface area contributed by atoms with E-state index in [0.29, 0.717) is 6.61 Å². The zero-order chi connectivity index (χ0) is 18.7. The van der Waals surface area contributed by atoms with Crippen LogP contribution in [0.15, 0.2) is 67.3 Å². The Morgan fingerprint density at radius 2 is 1.56 bits per heavy atom. The number of ketones is 1. The summed E-state index contributed by atoms with van der Waals surface area (Å²) in [5.74, 6) is -0.276. The maximum absolute atomic E-state index is 12.2. The Hall–Kier alpha value is -2.72.